The number of furan rings is 1. The molecule has 5 heteroatoms. The fourth-order valence-electron chi connectivity index (χ4n) is 3.92. The van der Waals surface area contributed by atoms with Crippen LogP contribution >= 0.6 is 0 Å². The number of hydrogen-bond donors (Lipinski definition) is 2. The Hall–Kier alpha value is -2.79. The minimum atomic E-state index is -0.418. The molecule has 5 nitrogen and oxygen atoms in total. The van der Waals surface area contributed by atoms with Gasteiger partial charge >= 0.3 is 5.97 Å². The number of hydrogen-bond acceptors (Lipinski definition) is 4. The third-order valence-electron chi connectivity index (χ3n) is 5.19. The zero-order valence-corrected chi connectivity index (χ0v) is 15.5. The average molecular weight is 366 g/mol. The van der Waals surface area contributed by atoms with Gasteiger partial charge in [0.1, 0.15) is 29.2 Å². The minimum absolute atomic E-state index is 0.202. The first-order valence-electron chi connectivity index (χ1n) is 9.52. The third-order valence-corrected chi connectivity index (χ3v) is 5.19. The Morgan fingerprint density at radius 3 is 2.59 bits per heavy atom. The molecule has 0 atom stereocenters. The summed E-state index contributed by atoms with van der Waals surface area (Å²) in [6.45, 7) is 4.89. The molecule has 3 aromatic rings. The molecule has 1 aliphatic rings. The number of likely N-dealkylation sites (tertiary alicyclic amines) is 1. The molecule has 1 fully saturated rings. The van der Waals surface area contributed by atoms with Crippen molar-refractivity contribution in [2.75, 3.05) is 19.7 Å². The Morgan fingerprint density at radius 1 is 1.15 bits per heavy atom. The van der Waals surface area contributed by atoms with Crippen molar-refractivity contribution in [1.82, 2.24) is 0 Å². The average Bonchev–Trinajstić information content (AvgIpc) is 3.32. The second-order valence-electron chi connectivity index (χ2n) is 6.96. The van der Waals surface area contributed by atoms with Crippen molar-refractivity contribution in [2.45, 2.75) is 26.3 Å². The number of rotatable bonds is 5. The summed E-state index contributed by atoms with van der Waals surface area (Å²) in [5.74, 6) is 0.276. The van der Waals surface area contributed by atoms with Gasteiger partial charge in [-0.15, -0.1) is 0 Å². The molecule has 2 N–H and O–H groups in total. The Labute approximate surface area is 158 Å². The van der Waals surface area contributed by atoms with E-state index in [0.717, 1.165) is 24.2 Å². The van der Waals surface area contributed by atoms with Crippen LogP contribution < -0.4 is 4.90 Å². The highest BCUT2D eigenvalue weighted by atomic mass is 16.5. The van der Waals surface area contributed by atoms with Crippen LogP contribution in [0, 0.1) is 0 Å². The van der Waals surface area contributed by atoms with Crippen LogP contribution in [0.1, 0.15) is 35.7 Å². The summed E-state index contributed by atoms with van der Waals surface area (Å²) in [6, 6.07) is 12.9. The molecule has 2 aromatic carbocycles. The van der Waals surface area contributed by atoms with Gasteiger partial charge in [0.05, 0.1) is 25.3 Å². The van der Waals surface area contributed by atoms with Crippen LogP contribution in [0.5, 0.6) is 5.75 Å². The number of ether oxygens (including phenoxy) is 1. The van der Waals surface area contributed by atoms with Crippen LogP contribution in [0.4, 0.5) is 0 Å². The maximum atomic E-state index is 12.8. The number of phenols is 1. The van der Waals surface area contributed by atoms with E-state index in [0.29, 0.717) is 28.8 Å². The van der Waals surface area contributed by atoms with Crippen LogP contribution in [0.25, 0.3) is 22.3 Å². The maximum Gasteiger partial charge on any atom is 0.342 e. The van der Waals surface area contributed by atoms with Crippen molar-refractivity contribution in [3.05, 3.63) is 53.6 Å². The third kappa shape index (κ3) is 3.30. The molecule has 0 radical (unpaired) electrons. The van der Waals surface area contributed by atoms with E-state index < -0.39 is 5.97 Å². The first-order chi connectivity index (χ1) is 13.2. The van der Waals surface area contributed by atoms with Crippen molar-refractivity contribution < 1.29 is 24.0 Å². The molecule has 0 saturated carbocycles. The maximum absolute atomic E-state index is 12.8. The lowest BCUT2D eigenvalue weighted by Crippen LogP contribution is -3.08. The molecule has 1 aromatic heterocycles. The van der Waals surface area contributed by atoms with E-state index in [1.54, 1.807) is 19.1 Å². The zero-order chi connectivity index (χ0) is 18.8. The minimum Gasteiger partial charge on any atom is -0.507 e. The number of nitrogens with one attached hydrogen (secondary N) is 1. The summed E-state index contributed by atoms with van der Waals surface area (Å²) in [6.07, 6.45) is 2.38. The van der Waals surface area contributed by atoms with Gasteiger partial charge in [0.25, 0.3) is 0 Å². The molecule has 140 valence electrons. The Bertz CT molecular complexity index is 955. The number of carbonyl (C=O) groups is 1. The lowest BCUT2D eigenvalue weighted by Gasteiger charge is -2.14. The molecular formula is C22H24NO4+. The summed E-state index contributed by atoms with van der Waals surface area (Å²) in [7, 11) is 0. The molecule has 27 heavy (non-hydrogen) atoms. The Kier molecular flexibility index (Phi) is 4.86. The van der Waals surface area contributed by atoms with Crippen LogP contribution in [0.15, 0.2) is 46.9 Å². The predicted molar refractivity (Wildman–Crippen MR) is 103 cm³/mol. The molecule has 0 aliphatic carbocycles. The molecule has 4 rings (SSSR count). The highest BCUT2D eigenvalue weighted by molar-refractivity contribution is 6.10. The normalized spacial score (nSPS) is 14.7. The van der Waals surface area contributed by atoms with Gasteiger partial charge in [-0.1, -0.05) is 30.3 Å². The molecule has 0 bridgehead atoms. The first-order valence-corrected chi connectivity index (χ1v) is 9.52. The summed E-state index contributed by atoms with van der Waals surface area (Å²) in [5.41, 5.74) is 2.58. The molecule has 0 amide bonds. The molecule has 2 heterocycles. The standard InChI is InChI=1S/C22H23NO4/c1-2-26-22(25)20-19-16(14-23-12-6-7-13-23)17(24)10-11-18(19)27-21(20)15-8-4-3-5-9-15/h3-5,8-11,24H,2,6-7,12-14H2,1H3/p+1. The van der Waals surface area contributed by atoms with Gasteiger partial charge in [0.2, 0.25) is 0 Å². The number of fused-ring (bicyclic) bond motifs is 1. The van der Waals surface area contributed by atoms with E-state index in [4.69, 9.17) is 9.15 Å². The van der Waals surface area contributed by atoms with E-state index in [1.165, 1.54) is 17.7 Å². The van der Waals surface area contributed by atoms with Gasteiger partial charge in [-0.25, -0.2) is 4.79 Å². The molecule has 1 saturated heterocycles. The smallest absolute Gasteiger partial charge is 0.342 e. The van der Waals surface area contributed by atoms with Gasteiger partial charge in [0.15, 0.2) is 0 Å². The van der Waals surface area contributed by atoms with E-state index >= 15 is 0 Å². The van der Waals surface area contributed by atoms with Crippen molar-refractivity contribution in [2.24, 2.45) is 0 Å². The van der Waals surface area contributed by atoms with Crippen molar-refractivity contribution in [3.8, 4) is 17.1 Å². The van der Waals surface area contributed by atoms with Crippen molar-refractivity contribution in [1.29, 1.82) is 0 Å². The topological polar surface area (TPSA) is 64.1 Å². The number of phenolic OH excluding ortho intramolecular Hbond substituents is 1. The van der Waals surface area contributed by atoms with E-state index in [9.17, 15) is 9.90 Å². The Morgan fingerprint density at radius 2 is 1.89 bits per heavy atom. The van der Waals surface area contributed by atoms with E-state index in [2.05, 4.69) is 0 Å². The summed E-state index contributed by atoms with van der Waals surface area (Å²) >= 11 is 0. The number of carbonyl (C=O) groups excluding carboxylic acids is 1. The highest BCUT2D eigenvalue weighted by Crippen LogP contribution is 2.38. The van der Waals surface area contributed by atoms with Gasteiger partial charge in [-0.3, -0.25) is 0 Å². The van der Waals surface area contributed by atoms with Gasteiger partial charge in [0, 0.05) is 23.8 Å². The van der Waals surface area contributed by atoms with Gasteiger partial charge in [-0.2, -0.15) is 0 Å². The lowest BCUT2D eigenvalue weighted by atomic mass is 10.0. The molecule has 0 spiro atoms. The quantitative estimate of drug-likeness (QED) is 0.681. The van der Waals surface area contributed by atoms with E-state index in [-0.39, 0.29) is 12.4 Å². The predicted octanol–water partition coefficient (Wildman–Crippen LogP) is 3.16. The second-order valence-corrected chi connectivity index (χ2v) is 6.96. The molecular weight excluding hydrogens is 342 g/mol. The molecule has 0 unspecified atom stereocenters. The van der Waals surface area contributed by atoms with Crippen LogP contribution in [0.2, 0.25) is 0 Å². The van der Waals surface area contributed by atoms with Gasteiger partial charge < -0.3 is 19.2 Å². The lowest BCUT2D eigenvalue weighted by molar-refractivity contribution is -0.901. The number of benzene rings is 2. The fourth-order valence-corrected chi connectivity index (χ4v) is 3.92. The summed E-state index contributed by atoms with van der Waals surface area (Å²) in [4.78, 5) is 14.3. The number of quaternary nitrogens is 1. The first kappa shape index (κ1) is 17.6. The molecule has 1 aliphatic heterocycles. The second kappa shape index (κ2) is 7.45. The number of esters is 1. The van der Waals surface area contributed by atoms with Crippen LogP contribution in [0.3, 0.4) is 0 Å². The number of aromatic hydroxyl groups is 1. The highest BCUT2D eigenvalue weighted by Gasteiger charge is 2.28. The van der Waals surface area contributed by atoms with Gasteiger partial charge in [-0.05, 0) is 19.1 Å². The van der Waals surface area contributed by atoms with Crippen LogP contribution in [-0.4, -0.2) is 30.8 Å². The van der Waals surface area contributed by atoms with Crippen molar-refractivity contribution in [3.63, 3.8) is 0 Å². The van der Waals surface area contributed by atoms with Crippen LogP contribution in [-0.2, 0) is 11.3 Å². The Balaban J connectivity index is 1.93. The monoisotopic (exact) mass is 366 g/mol. The summed E-state index contributed by atoms with van der Waals surface area (Å²) < 4.78 is 11.4. The SMILES string of the molecule is CCOC(=O)c1c(-c2ccccc2)oc2ccc(O)c(C[NH+]3CCCC3)c12. The van der Waals surface area contributed by atoms with Crippen molar-refractivity contribution >= 4 is 16.9 Å². The van der Waals surface area contributed by atoms with E-state index in [1.807, 2.05) is 30.3 Å². The summed E-state index contributed by atoms with van der Waals surface area (Å²) in [5, 5.41) is 11.3. The largest absolute Gasteiger partial charge is 0.507 e. The zero-order valence-electron chi connectivity index (χ0n) is 15.5. The fraction of sp³-hybridized carbons (Fsp3) is 0.318.